The van der Waals surface area contributed by atoms with Crippen LogP contribution < -0.4 is 16.6 Å². The number of nitrogens with two attached hydrogens (primary N) is 1. The number of carboxylic acids is 2. The number of rotatable bonds is 23. The van der Waals surface area contributed by atoms with E-state index in [2.05, 4.69) is 30.2 Å². The maximum Gasteiger partial charge on any atom is 0.326 e. The van der Waals surface area contributed by atoms with Gasteiger partial charge in [-0.25, -0.2) is 14.8 Å². The number of carboxylic acid groups (broad SMARTS) is 2. The fraction of sp³-hybridized carbons (Fsp3) is 0.457. The molecule has 1 amide bonds. The van der Waals surface area contributed by atoms with Crippen molar-refractivity contribution in [3.05, 3.63) is 57.6 Å². The summed E-state index contributed by atoms with van der Waals surface area (Å²) >= 11 is 1.57. The number of fused-ring (bicyclic) bond motifs is 1. The molecule has 3 aromatic rings. The van der Waals surface area contributed by atoms with E-state index in [-0.39, 0.29) is 79.3 Å². The summed E-state index contributed by atoms with van der Waals surface area (Å²) in [5, 5.41) is 21.6. The Morgan fingerprint density at radius 1 is 0.923 bits per heavy atom. The normalized spacial score (nSPS) is 12.6. The second-order valence-corrected chi connectivity index (χ2v) is 13.2. The van der Waals surface area contributed by atoms with E-state index in [4.69, 9.17) is 5.73 Å². The summed E-state index contributed by atoms with van der Waals surface area (Å²) in [6.45, 7) is 1.78. The number of anilines is 1. The minimum Gasteiger partial charge on any atom is -0.481 e. The molecule has 0 radical (unpaired) electrons. The topological polar surface area (TPSA) is 265 Å². The van der Waals surface area contributed by atoms with Crippen molar-refractivity contribution in [3.8, 4) is 0 Å². The molecule has 2 atom stereocenters. The van der Waals surface area contributed by atoms with Crippen molar-refractivity contribution in [2.24, 2.45) is 10.9 Å². The van der Waals surface area contributed by atoms with Crippen LogP contribution >= 0.6 is 11.8 Å². The van der Waals surface area contributed by atoms with E-state index < -0.39 is 41.1 Å². The standard InChI is InChI=1S/C35H43N7O9S/c1-20(37-19-26(44)15-16-52-2)3-11-25(43)12-13-27(34(50)51)40-29(46)14-9-23(33(48)49)17-28(45)22-7-4-21(5-8-22)6-10-24-18-38-31-30(39-24)32(47)42-35(36)41-31/h4-5,7-8,18,23,27H,3,6,9-17,19H2,1-2H3,(H,40,46)(H,48,49)(H,50,51)(H3,36,38,41,42,47). The van der Waals surface area contributed by atoms with Crippen LogP contribution in [0.5, 0.6) is 0 Å². The van der Waals surface area contributed by atoms with Crippen LogP contribution in [0.1, 0.15) is 79.9 Å². The fourth-order valence-corrected chi connectivity index (χ4v) is 5.48. The molecule has 6 N–H and O–H groups in total. The van der Waals surface area contributed by atoms with E-state index in [1.165, 1.54) is 6.20 Å². The smallest absolute Gasteiger partial charge is 0.326 e. The number of nitrogen functional groups attached to an aromatic ring is 1. The van der Waals surface area contributed by atoms with Gasteiger partial charge in [0, 0.05) is 43.4 Å². The van der Waals surface area contributed by atoms with Gasteiger partial charge < -0.3 is 21.3 Å². The van der Waals surface area contributed by atoms with Crippen LogP contribution in [-0.2, 0) is 36.8 Å². The lowest BCUT2D eigenvalue weighted by Gasteiger charge is -2.16. The van der Waals surface area contributed by atoms with E-state index in [0.717, 1.165) is 11.3 Å². The number of carbonyl (C=O) groups excluding carboxylic acids is 4. The number of benzene rings is 1. The second kappa shape index (κ2) is 20.5. The summed E-state index contributed by atoms with van der Waals surface area (Å²) in [6.07, 6.45) is 4.10. The second-order valence-electron chi connectivity index (χ2n) is 12.3. The van der Waals surface area contributed by atoms with Gasteiger partial charge in [-0.05, 0) is 56.6 Å². The number of aromatic nitrogens is 4. The van der Waals surface area contributed by atoms with Gasteiger partial charge in [0.1, 0.15) is 11.8 Å². The molecule has 0 aliphatic heterocycles. The predicted octanol–water partition coefficient (Wildman–Crippen LogP) is 2.62. The Morgan fingerprint density at radius 2 is 1.65 bits per heavy atom. The van der Waals surface area contributed by atoms with Crippen LogP contribution in [0.2, 0.25) is 0 Å². The number of thioether (sulfide) groups is 1. The van der Waals surface area contributed by atoms with E-state index in [0.29, 0.717) is 37.1 Å². The third-order valence-electron chi connectivity index (χ3n) is 8.15. The number of aryl methyl sites for hydroxylation is 2. The van der Waals surface area contributed by atoms with E-state index in [1.807, 2.05) is 6.26 Å². The third-order valence-corrected chi connectivity index (χ3v) is 8.77. The maximum absolute atomic E-state index is 12.9. The zero-order valence-corrected chi connectivity index (χ0v) is 29.9. The van der Waals surface area contributed by atoms with Crippen molar-refractivity contribution in [3.63, 3.8) is 0 Å². The number of amides is 1. The molecule has 0 saturated heterocycles. The molecular formula is C35H43N7O9S. The number of aliphatic imine (C=N–C) groups is 1. The van der Waals surface area contributed by atoms with Crippen molar-refractivity contribution >= 4 is 69.8 Å². The summed E-state index contributed by atoms with van der Waals surface area (Å²) in [6, 6.07) is 5.25. The first-order valence-corrected chi connectivity index (χ1v) is 18.1. The fourth-order valence-electron chi connectivity index (χ4n) is 5.05. The molecule has 52 heavy (non-hydrogen) atoms. The monoisotopic (exact) mass is 737 g/mol. The highest BCUT2D eigenvalue weighted by molar-refractivity contribution is 7.98. The van der Waals surface area contributed by atoms with Gasteiger partial charge in [0.25, 0.3) is 5.56 Å². The lowest BCUT2D eigenvalue weighted by Crippen LogP contribution is -2.41. The van der Waals surface area contributed by atoms with Crippen LogP contribution in [-0.4, -0.2) is 95.7 Å². The number of Topliss-reactive ketones (excluding diaryl/α,β-unsaturated/α-hetero) is 3. The van der Waals surface area contributed by atoms with E-state index in [1.54, 1.807) is 43.0 Å². The number of carbonyl (C=O) groups is 6. The van der Waals surface area contributed by atoms with Crippen molar-refractivity contribution in [2.75, 3.05) is 24.3 Å². The lowest BCUT2D eigenvalue weighted by molar-refractivity contribution is -0.144. The van der Waals surface area contributed by atoms with Crippen LogP contribution in [0.3, 0.4) is 0 Å². The summed E-state index contributed by atoms with van der Waals surface area (Å²) in [4.78, 5) is 104. The molecule has 0 fully saturated rings. The molecule has 2 unspecified atom stereocenters. The SMILES string of the molecule is CSCCC(=O)CN=C(C)CCC(=O)CCC(NC(=O)CCC(CC(=O)c1ccc(CCc2cnc3nc(N)[nH]c(=O)c3n2)cc1)C(=O)O)C(=O)O. The van der Waals surface area contributed by atoms with Crippen molar-refractivity contribution in [1.82, 2.24) is 25.3 Å². The number of aromatic amines is 1. The Bertz CT molecular complexity index is 1860. The highest BCUT2D eigenvalue weighted by atomic mass is 32.2. The zero-order chi connectivity index (χ0) is 38.2. The predicted molar refractivity (Wildman–Crippen MR) is 195 cm³/mol. The third kappa shape index (κ3) is 13.8. The number of aliphatic carboxylic acids is 2. The van der Waals surface area contributed by atoms with Crippen molar-refractivity contribution in [1.29, 1.82) is 0 Å². The molecule has 1 aromatic carbocycles. The molecular weight excluding hydrogens is 694 g/mol. The first kappa shape index (κ1) is 41.1. The van der Waals surface area contributed by atoms with Gasteiger partial charge in [-0.15, -0.1) is 0 Å². The molecule has 0 bridgehead atoms. The largest absolute Gasteiger partial charge is 0.481 e. The molecule has 2 aromatic heterocycles. The van der Waals surface area contributed by atoms with Gasteiger partial charge in [0.2, 0.25) is 11.9 Å². The van der Waals surface area contributed by atoms with Gasteiger partial charge in [-0.1, -0.05) is 24.3 Å². The molecule has 3 rings (SSSR count). The molecule has 0 saturated carbocycles. The van der Waals surface area contributed by atoms with Gasteiger partial charge in [-0.3, -0.25) is 38.7 Å². The molecule has 2 heterocycles. The highest BCUT2D eigenvalue weighted by Gasteiger charge is 2.25. The lowest BCUT2D eigenvalue weighted by atomic mass is 9.93. The molecule has 0 aliphatic carbocycles. The summed E-state index contributed by atoms with van der Waals surface area (Å²) < 4.78 is 0. The first-order valence-electron chi connectivity index (χ1n) is 16.7. The highest BCUT2D eigenvalue weighted by Crippen LogP contribution is 2.18. The number of H-pyrrole nitrogens is 1. The maximum atomic E-state index is 12.9. The minimum absolute atomic E-state index is 0.0147. The van der Waals surface area contributed by atoms with Gasteiger partial charge in [0.15, 0.2) is 22.7 Å². The van der Waals surface area contributed by atoms with Crippen LogP contribution in [0.25, 0.3) is 11.2 Å². The van der Waals surface area contributed by atoms with Gasteiger partial charge in [-0.2, -0.15) is 16.7 Å². The van der Waals surface area contributed by atoms with Crippen molar-refractivity contribution in [2.45, 2.75) is 77.2 Å². The Morgan fingerprint density at radius 3 is 2.33 bits per heavy atom. The van der Waals surface area contributed by atoms with Gasteiger partial charge in [0.05, 0.1) is 24.4 Å². The van der Waals surface area contributed by atoms with E-state index >= 15 is 0 Å². The first-order chi connectivity index (χ1) is 24.7. The number of ketones is 3. The zero-order valence-electron chi connectivity index (χ0n) is 29.1. The van der Waals surface area contributed by atoms with Crippen molar-refractivity contribution < 1.29 is 39.0 Å². The molecule has 0 aliphatic rings. The number of nitrogens with one attached hydrogen (secondary N) is 2. The molecule has 17 heteroatoms. The molecule has 278 valence electrons. The number of hydrogen-bond acceptors (Lipinski definition) is 13. The average molecular weight is 738 g/mol. The van der Waals surface area contributed by atoms with Gasteiger partial charge >= 0.3 is 11.9 Å². The summed E-state index contributed by atoms with van der Waals surface area (Å²) in [7, 11) is 0. The molecule has 16 nitrogen and oxygen atoms in total. The Hall–Kier alpha value is -5.32. The Balaban J connectivity index is 1.44. The average Bonchev–Trinajstić information content (AvgIpc) is 3.11. The summed E-state index contributed by atoms with van der Waals surface area (Å²) in [5.41, 5.74) is 7.60. The van der Waals surface area contributed by atoms with Crippen LogP contribution in [0.15, 0.2) is 40.2 Å². The van der Waals surface area contributed by atoms with Crippen LogP contribution in [0.4, 0.5) is 5.95 Å². The number of nitrogens with zero attached hydrogens (tertiary/aromatic N) is 4. The number of hydrogen-bond donors (Lipinski definition) is 5. The van der Waals surface area contributed by atoms with E-state index in [9.17, 15) is 43.8 Å². The Labute approximate surface area is 303 Å². The minimum atomic E-state index is -1.35. The van der Waals surface area contributed by atoms with Crippen LogP contribution in [0, 0.1) is 5.92 Å². The quantitative estimate of drug-likeness (QED) is 0.0692. The summed E-state index contributed by atoms with van der Waals surface area (Å²) in [5.74, 6) is -4.48. The molecule has 0 spiro atoms. The Kier molecular flexibility index (Phi) is 16.2.